The van der Waals surface area contributed by atoms with Crippen molar-refractivity contribution in [2.24, 2.45) is 0 Å². The van der Waals surface area contributed by atoms with Gasteiger partial charge in [0, 0.05) is 12.5 Å². The van der Waals surface area contributed by atoms with Gasteiger partial charge in [0.25, 0.3) is 0 Å². The van der Waals surface area contributed by atoms with Gasteiger partial charge in [0.15, 0.2) is 11.6 Å². The zero-order valence-electron chi connectivity index (χ0n) is 9.44. The van der Waals surface area contributed by atoms with E-state index in [9.17, 15) is 4.39 Å². The first-order chi connectivity index (χ1) is 8.17. The number of rotatable bonds is 3. The van der Waals surface area contributed by atoms with Crippen LogP contribution in [0.1, 0.15) is 12.7 Å². The third kappa shape index (κ3) is 2.10. The van der Waals surface area contributed by atoms with Crippen molar-refractivity contribution >= 4 is 11.6 Å². The first kappa shape index (κ1) is 11.9. The Bertz CT molecular complexity index is 542. The number of halogens is 2. The maximum atomic E-state index is 13.6. The molecule has 0 aliphatic carbocycles. The largest absolute Gasteiger partial charge is 0.494 e. The quantitative estimate of drug-likeness (QED) is 0.846. The van der Waals surface area contributed by atoms with Gasteiger partial charge in [0.2, 0.25) is 5.28 Å². The summed E-state index contributed by atoms with van der Waals surface area (Å²) in [5.41, 5.74) is 0.579. The van der Waals surface area contributed by atoms with Gasteiger partial charge in [-0.1, -0.05) is 6.92 Å². The van der Waals surface area contributed by atoms with Gasteiger partial charge in [-0.05, 0) is 23.7 Å². The molecule has 0 atom stereocenters. The van der Waals surface area contributed by atoms with Gasteiger partial charge in [-0.25, -0.2) is 4.39 Å². The van der Waals surface area contributed by atoms with Crippen LogP contribution in [0, 0.1) is 5.82 Å². The van der Waals surface area contributed by atoms with Crippen LogP contribution in [0.2, 0.25) is 5.28 Å². The second-order valence-electron chi connectivity index (χ2n) is 3.39. The smallest absolute Gasteiger partial charge is 0.229 e. The summed E-state index contributed by atoms with van der Waals surface area (Å²) in [5.74, 6) is 0.424. The van der Waals surface area contributed by atoms with Gasteiger partial charge in [-0.15, -0.1) is 10.2 Å². The molecule has 0 bridgehead atoms. The van der Waals surface area contributed by atoms with Crippen LogP contribution < -0.4 is 4.74 Å². The summed E-state index contributed by atoms with van der Waals surface area (Å²) in [6.45, 7) is 1.93. The van der Waals surface area contributed by atoms with E-state index < -0.39 is 5.82 Å². The summed E-state index contributed by atoms with van der Waals surface area (Å²) in [5, 5.41) is 7.89. The molecular weight excluding hydrogens is 245 g/mol. The summed E-state index contributed by atoms with van der Waals surface area (Å²) < 4.78 is 20.0. The SMILES string of the molecule is CCc1nnc(Cl)n1-c1ccc(OC)c(F)c1. The first-order valence-corrected chi connectivity index (χ1v) is 5.49. The van der Waals surface area contributed by atoms with Gasteiger partial charge >= 0.3 is 0 Å². The molecule has 90 valence electrons. The highest BCUT2D eigenvalue weighted by atomic mass is 35.5. The van der Waals surface area contributed by atoms with Gasteiger partial charge in [-0.3, -0.25) is 4.57 Å². The molecule has 2 aromatic rings. The molecule has 0 spiro atoms. The van der Waals surface area contributed by atoms with E-state index >= 15 is 0 Å². The predicted octanol–water partition coefficient (Wildman–Crippen LogP) is 2.63. The molecule has 0 saturated heterocycles. The number of hydrogen-bond donors (Lipinski definition) is 0. The summed E-state index contributed by atoms with van der Waals surface area (Å²) in [6.07, 6.45) is 0.660. The number of methoxy groups -OCH3 is 1. The second kappa shape index (κ2) is 4.71. The van der Waals surface area contributed by atoms with Crippen LogP contribution in [0.5, 0.6) is 5.75 Å². The fraction of sp³-hybridized carbons (Fsp3) is 0.273. The van der Waals surface area contributed by atoms with Crippen molar-refractivity contribution in [3.05, 3.63) is 35.1 Å². The molecule has 0 N–H and O–H groups in total. The van der Waals surface area contributed by atoms with Gasteiger partial charge in [0.1, 0.15) is 5.82 Å². The van der Waals surface area contributed by atoms with E-state index in [1.165, 1.54) is 13.2 Å². The maximum absolute atomic E-state index is 13.6. The highest BCUT2D eigenvalue weighted by Gasteiger charge is 2.12. The van der Waals surface area contributed by atoms with Crippen LogP contribution in [0.4, 0.5) is 4.39 Å². The van der Waals surface area contributed by atoms with Crippen LogP contribution >= 0.6 is 11.6 Å². The standard InChI is InChI=1S/C11H11ClFN3O/c1-3-10-14-15-11(12)16(10)7-4-5-9(17-2)8(13)6-7/h4-6H,3H2,1-2H3. The summed E-state index contributed by atoms with van der Waals surface area (Å²) in [4.78, 5) is 0. The van der Waals surface area contributed by atoms with E-state index in [-0.39, 0.29) is 11.0 Å². The fourth-order valence-corrected chi connectivity index (χ4v) is 1.81. The lowest BCUT2D eigenvalue weighted by molar-refractivity contribution is 0.386. The second-order valence-corrected chi connectivity index (χ2v) is 3.73. The molecule has 1 heterocycles. The van der Waals surface area contributed by atoms with Crippen LogP contribution in [0.15, 0.2) is 18.2 Å². The normalized spacial score (nSPS) is 10.6. The molecule has 1 aromatic heterocycles. The average Bonchev–Trinajstić information content (AvgIpc) is 2.70. The number of benzene rings is 1. The van der Waals surface area contributed by atoms with Gasteiger partial charge in [-0.2, -0.15) is 0 Å². The Morgan fingerprint density at radius 1 is 1.41 bits per heavy atom. The third-order valence-corrected chi connectivity index (χ3v) is 2.65. The predicted molar refractivity (Wildman–Crippen MR) is 62.3 cm³/mol. The van der Waals surface area contributed by atoms with E-state index in [1.54, 1.807) is 16.7 Å². The summed E-state index contributed by atoms with van der Waals surface area (Å²) in [6, 6.07) is 4.59. The van der Waals surface area contributed by atoms with Crippen LogP contribution in [0.25, 0.3) is 5.69 Å². The maximum Gasteiger partial charge on any atom is 0.229 e. The minimum absolute atomic E-state index is 0.191. The van der Waals surface area contributed by atoms with Crippen LogP contribution in [0.3, 0.4) is 0 Å². The first-order valence-electron chi connectivity index (χ1n) is 5.11. The number of hydrogen-bond acceptors (Lipinski definition) is 3. The minimum Gasteiger partial charge on any atom is -0.494 e. The highest BCUT2D eigenvalue weighted by Crippen LogP contribution is 2.23. The molecule has 4 nitrogen and oxygen atoms in total. The van der Waals surface area contributed by atoms with E-state index in [4.69, 9.17) is 16.3 Å². The molecule has 1 aromatic carbocycles. The molecule has 0 radical (unpaired) electrons. The molecule has 2 rings (SSSR count). The lowest BCUT2D eigenvalue weighted by Gasteiger charge is -2.08. The number of ether oxygens (including phenoxy) is 1. The third-order valence-electron chi connectivity index (χ3n) is 2.40. The van der Waals surface area contributed by atoms with Crippen LogP contribution in [-0.4, -0.2) is 21.9 Å². The van der Waals surface area contributed by atoms with E-state index in [1.807, 2.05) is 6.92 Å². The zero-order valence-corrected chi connectivity index (χ0v) is 10.2. The summed E-state index contributed by atoms with van der Waals surface area (Å²) in [7, 11) is 1.42. The summed E-state index contributed by atoms with van der Waals surface area (Å²) >= 11 is 5.92. The van der Waals surface area contributed by atoms with Crippen molar-refractivity contribution < 1.29 is 9.13 Å². The van der Waals surface area contributed by atoms with Crippen LogP contribution in [-0.2, 0) is 6.42 Å². The van der Waals surface area contributed by atoms with E-state index in [2.05, 4.69) is 10.2 Å². The van der Waals surface area contributed by atoms with E-state index in [0.717, 1.165) is 0 Å². The minimum atomic E-state index is -0.447. The highest BCUT2D eigenvalue weighted by molar-refractivity contribution is 6.28. The molecule has 0 aliphatic heterocycles. The Labute approximate surface area is 103 Å². The molecule has 0 unspecified atom stereocenters. The molecule has 0 saturated carbocycles. The van der Waals surface area contributed by atoms with Crippen molar-refractivity contribution in [1.29, 1.82) is 0 Å². The lowest BCUT2D eigenvalue weighted by Crippen LogP contribution is -2.01. The van der Waals surface area contributed by atoms with Crippen molar-refractivity contribution in [2.45, 2.75) is 13.3 Å². The van der Waals surface area contributed by atoms with Gasteiger partial charge < -0.3 is 4.74 Å². The van der Waals surface area contributed by atoms with E-state index in [0.29, 0.717) is 17.9 Å². The number of aryl methyl sites for hydroxylation is 1. The molecular formula is C11H11ClFN3O. The Balaban J connectivity index is 2.53. The molecule has 6 heteroatoms. The van der Waals surface area contributed by atoms with Crippen molar-refractivity contribution in [3.8, 4) is 11.4 Å². The fourth-order valence-electron chi connectivity index (χ4n) is 1.57. The Morgan fingerprint density at radius 2 is 2.18 bits per heavy atom. The Hall–Kier alpha value is -1.62. The van der Waals surface area contributed by atoms with Crippen molar-refractivity contribution in [2.75, 3.05) is 7.11 Å². The van der Waals surface area contributed by atoms with Gasteiger partial charge in [0.05, 0.1) is 12.8 Å². The lowest BCUT2D eigenvalue weighted by atomic mass is 10.2. The average molecular weight is 256 g/mol. The molecule has 17 heavy (non-hydrogen) atoms. The topological polar surface area (TPSA) is 39.9 Å². The van der Waals surface area contributed by atoms with Crippen molar-refractivity contribution in [3.63, 3.8) is 0 Å². The Kier molecular flexibility index (Phi) is 3.28. The zero-order chi connectivity index (χ0) is 12.4. The molecule has 0 fully saturated rings. The molecule has 0 amide bonds. The Morgan fingerprint density at radius 3 is 2.76 bits per heavy atom. The van der Waals surface area contributed by atoms with Crippen molar-refractivity contribution in [1.82, 2.24) is 14.8 Å². The monoisotopic (exact) mass is 255 g/mol. The number of aromatic nitrogens is 3. The number of nitrogens with zero attached hydrogens (tertiary/aromatic N) is 3. The molecule has 0 aliphatic rings.